The van der Waals surface area contributed by atoms with Crippen molar-refractivity contribution < 1.29 is 0 Å². The fourth-order valence-corrected chi connectivity index (χ4v) is 13.7. The molecular weight excluding hydrogens is 1090 g/mol. The van der Waals surface area contributed by atoms with Crippen molar-refractivity contribution in [2.75, 3.05) is 0 Å². The first kappa shape index (κ1) is 26.2. The number of hydrogen-bond acceptors (Lipinski definition) is 0. The second-order valence-electron chi connectivity index (χ2n) is 11.1. The molecule has 3 heterocycles. The first-order valence-corrected chi connectivity index (χ1v) is 19.9. The van der Waals surface area contributed by atoms with E-state index in [1.165, 1.54) is 80.7 Å². The molecule has 9 rings (SSSR count). The van der Waals surface area contributed by atoms with Gasteiger partial charge >= 0.3 is 295 Å². The molecule has 9 radical (unpaired) electrons. The van der Waals surface area contributed by atoms with Gasteiger partial charge in [-0.25, -0.2) is 0 Å². The predicted octanol–water partition coefficient (Wildman–Crippen LogP) is 3.91. The second-order valence-corrected chi connectivity index (χ2v) is 17.6. The zero-order valence-corrected chi connectivity index (χ0v) is 34.2. The molecule has 6 aromatic carbocycles. The topological polar surface area (TPSA) is 9.86 Å². The van der Waals surface area contributed by atoms with Crippen molar-refractivity contribution in [2.24, 2.45) is 0 Å². The molecule has 0 N–H and O–H groups in total. The molecule has 0 spiro atoms. The summed E-state index contributed by atoms with van der Waals surface area (Å²) in [4.78, 5) is 0. The molecule has 0 atom stereocenters. The molecule has 0 aliphatic carbocycles. The average Bonchev–Trinajstić information content (AvgIpc) is 3.53. The fourth-order valence-electron chi connectivity index (χ4n) is 7.25. The van der Waals surface area contributed by atoms with Crippen molar-refractivity contribution >= 4 is 148 Å². The number of nitrogens with zero attached hydrogens (tertiary/aromatic N) is 2. The van der Waals surface area contributed by atoms with E-state index in [1.807, 2.05) is 0 Å². The molecule has 42 heavy (non-hydrogen) atoms. The summed E-state index contributed by atoms with van der Waals surface area (Å²) < 4.78 is 9.73. The van der Waals surface area contributed by atoms with Crippen LogP contribution in [0.3, 0.4) is 0 Å². The van der Waals surface area contributed by atoms with Gasteiger partial charge in [0.25, 0.3) is 0 Å². The van der Waals surface area contributed by atoms with E-state index in [0.29, 0.717) is 0 Å². The summed E-state index contributed by atoms with van der Waals surface area (Å²) in [6, 6.07) is 45.8. The molecule has 8 aromatic rings. The maximum absolute atomic E-state index is 2.75. The minimum atomic E-state index is 0.102. The molecule has 2 nitrogen and oxygen atoms in total. The van der Waals surface area contributed by atoms with Gasteiger partial charge < -0.3 is 0 Å². The molecule has 0 bridgehead atoms. The van der Waals surface area contributed by atoms with Crippen molar-refractivity contribution in [3.8, 4) is 16.8 Å². The van der Waals surface area contributed by atoms with Crippen LogP contribution < -0.4 is 20.3 Å². The molecule has 0 saturated carbocycles. The summed E-state index contributed by atoms with van der Waals surface area (Å²) >= 11 is 3.04. The molecule has 6 heteroatoms. The second kappa shape index (κ2) is 9.88. The van der Waals surface area contributed by atoms with Crippen molar-refractivity contribution in [3.63, 3.8) is 0 Å². The third-order valence-corrected chi connectivity index (χ3v) is 12.9. The van der Waals surface area contributed by atoms with Gasteiger partial charge in [-0.1, -0.05) is 0 Å². The van der Waals surface area contributed by atoms with E-state index in [4.69, 9.17) is 0 Å². The molecular formula is C36H20BN2Pb3. The van der Waals surface area contributed by atoms with Crippen LogP contribution in [-0.2, 0) is 0 Å². The van der Waals surface area contributed by atoms with Crippen LogP contribution in [0.5, 0.6) is 0 Å². The van der Waals surface area contributed by atoms with Gasteiger partial charge in [-0.2, -0.15) is 0 Å². The van der Waals surface area contributed by atoms with Crippen LogP contribution in [0.25, 0.3) is 60.4 Å². The Labute approximate surface area is 291 Å². The minimum absolute atomic E-state index is 0.102. The number of para-hydroxylation sites is 3. The van der Waals surface area contributed by atoms with E-state index >= 15 is 0 Å². The summed E-state index contributed by atoms with van der Waals surface area (Å²) in [6.07, 6.45) is 0. The van der Waals surface area contributed by atoms with E-state index in [0.717, 1.165) is 77.3 Å². The van der Waals surface area contributed by atoms with E-state index in [-0.39, 0.29) is 6.85 Å². The first-order chi connectivity index (χ1) is 20.6. The molecule has 2 aromatic heterocycles. The fraction of sp³-hybridized carbons (Fsp3) is 0. The van der Waals surface area contributed by atoms with Crippen molar-refractivity contribution in [1.29, 1.82) is 0 Å². The van der Waals surface area contributed by atoms with Crippen LogP contribution in [0.15, 0.2) is 121 Å². The average molecular weight is 1110 g/mol. The Morgan fingerprint density at radius 3 is 2.00 bits per heavy atom. The Morgan fingerprint density at radius 1 is 0.476 bits per heavy atom. The van der Waals surface area contributed by atoms with Gasteiger partial charge in [0.2, 0.25) is 0 Å². The van der Waals surface area contributed by atoms with E-state index in [9.17, 15) is 0 Å². The van der Waals surface area contributed by atoms with Crippen LogP contribution in [0.1, 0.15) is 0 Å². The van der Waals surface area contributed by atoms with Crippen LogP contribution in [-0.4, -0.2) is 93.2 Å². The van der Waals surface area contributed by atoms with Gasteiger partial charge in [0.05, 0.1) is 0 Å². The van der Waals surface area contributed by atoms with Gasteiger partial charge in [-0.3, -0.25) is 0 Å². The third-order valence-electron chi connectivity index (χ3n) is 8.85. The number of aromatic nitrogens is 2. The van der Waals surface area contributed by atoms with Crippen molar-refractivity contribution in [3.05, 3.63) is 121 Å². The van der Waals surface area contributed by atoms with E-state index in [2.05, 4.69) is 130 Å². The SMILES string of the molecule is [Pb][c]1c[c]([Pb])c2c(c1)c1cc(-c3ccccc3)c[c]([Pb])c1n2B1c2ccccc2-n2c3ccccc3c3cccc1c32. The van der Waals surface area contributed by atoms with E-state index in [1.54, 1.807) is 0 Å². The summed E-state index contributed by atoms with van der Waals surface area (Å²) in [5.41, 5.74) is 12.2. The number of rotatable bonds is 2. The third kappa shape index (κ3) is 3.68. The molecule has 0 amide bonds. The number of hydrogen-bond donors (Lipinski definition) is 0. The Hall–Kier alpha value is -2.25. The quantitative estimate of drug-likeness (QED) is 0.233. The van der Waals surface area contributed by atoms with Gasteiger partial charge in [0.15, 0.2) is 0 Å². The van der Waals surface area contributed by atoms with Crippen molar-refractivity contribution in [1.82, 2.24) is 9.05 Å². The van der Waals surface area contributed by atoms with Crippen molar-refractivity contribution in [2.45, 2.75) is 0 Å². The molecule has 0 fully saturated rings. The molecule has 1 aliphatic rings. The molecule has 189 valence electrons. The Morgan fingerprint density at radius 2 is 1.14 bits per heavy atom. The summed E-state index contributed by atoms with van der Waals surface area (Å²) in [5.74, 6) is 0. The summed E-state index contributed by atoms with van der Waals surface area (Å²) in [5, 5.41) is 5.50. The van der Waals surface area contributed by atoms with Gasteiger partial charge in [0, 0.05) is 0 Å². The maximum atomic E-state index is 2.75. The normalized spacial score (nSPS) is 12.6. The van der Waals surface area contributed by atoms with Gasteiger partial charge in [-0.05, 0) is 0 Å². The molecule has 0 saturated heterocycles. The van der Waals surface area contributed by atoms with Crippen LogP contribution in [0, 0.1) is 0 Å². The molecule has 0 unspecified atom stereocenters. The van der Waals surface area contributed by atoms with Crippen LogP contribution in [0.4, 0.5) is 0 Å². The standard InChI is InChI=1S/C36H20BN2.3Pb/c1-2-11-24(12-3-1)25-21-22-34-29(23-25)27-14-5-8-19-33(27)39(34)37-30-16-6-9-20-35(30)38-32-18-7-4-13-26(32)28-15-10-17-31(37)36(28)38;;;/h1-4,6-18,20-21,23H;;;. The molecule has 1 aliphatic heterocycles. The zero-order chi connectivity index (χ0) is 28.1. The Balaban J connectivity index is 1.47. The number of fused-ring (bicyclic) bond motifs is 8. The first-order valence-electron chi connectivity index (χ1n) is 14.1. The summed E-state index contributed by atoms with van der Waals surface area (Å²) in [6.45, 7) is 0.102. The van der Waals surface area contributed by atoms with Gasteiger partial charge in [0.1, 0.15) is 0 Å². The summed E-state index contributed by atoms with van der Waals surface area (Å²) in [7, 11) is 0. The zero-order valence-electron chi connectivity index (χ0n) is 22.5. The Kier molecular flexibility index (Phi) is 6.16. The predicted molar refractivity (Wildman–Crippen MR) is 182 cm³/mol. The van der Waals surface area contributed by atoms with Crippen LogP contribution in [0.2, 0.25) is 0 Å². The number of benzene rings is 6. The monoisotopic (exact) mass is 1120 g/mol. The Bertz CT molecular complexity index is 2410. The van der Waals surface area contributed by atoms with E-state index < -0.39 is 0 Å². The van der Waals surface area contributed by atoms with Crippen LogP contribution >= 0.6 is 0 Å². The van der Waals surface area contributed by atoms with Gasteiger partial charge in [-0.15, -0.1) is 0 Å².